The second kappa shape index (κ2) is 10.8. The van der Waals surface area contributed by atoms with Gasteiger partial charge in [0.05, 0.1) is 0 Å². The van der Waals surface area contributed by atoms with Crippen molar-refractivity contribution in [3.63, 3.8) is 0 Å². The van der Waals surface area contributed by atoms with E-state index in [-0.39, 0.29) is 6.04 Å². The maximum absolute atomic E-state index is 12.7. The van der Waals surface area contributed by atoms with E-state index in [1.54, 1.807) is 0 Å². The highest BCUT2D eigenvalue weighted by molar-refractivity contribution is 5.85. The molecule has 0 aliphatic heterocycles. The number of carbonyl (C=O) groups is 1. The van der Waals surface area contributed by atoms with Gasteiger partial charge in [0.15, 0.2) is 0 Å². The molecule has 2 aliphatic carbocycles. The highest BCUT2D eigenvalue weighted by Crippen LogP contribution is 2.37. The van der Waals surface area contributed by atoms with E-state index >= 15 is 0 Å². The zero-order chi connectivity index (χ0) is 22.2. The van der Waals surface area contributed by atoms with Crippen LogP contribution in [-0.4, -0.2) is 29.7 Å². The highest BCUT2D eigenvalue weighted by Gasteiger charge is 2.45. The molecule has 4 rings (SSSR count). The Morgan fingerprint density at radius 2 is 1.66 bits per heavy atom. The first-order valence-corrected chi connectivity index (χ1v) is 11.9. The summed E-state index contributed by atoms with van der Waals surface area (Å²) >= 11 is 0. The number of rotatable bonds is 9. The highest BCUT2D eigenvalue weighted by atomic mass is 16.4. The van der Waals surface area contributed by atoms with Gasteiger partial charge >= 0.3 is 5.97 Å². The van der Waals surface area contributed by atoms with Crippen molar-refractivity contribution in [1.29, 1.82) is 0 Å². The Balaban J connectivity index is 1.53. The molecule has 3 N–H and O–H groups in total. The third-order valence-electron chi connectivity index (χ3n) is 6.87. The van der Waals surface area contributed by atoms with Gasteiger partial charge in [-0.3, -0.25) is 4.79 Å². The normalized spacial score (nSPS) is 23.6. The van der Waals surface area contributed by atoms with Crippen LogP contribution >= 0.6 is 0 Å². The average molecular weight is 431 g/mol. The first-order chi connectivity index (χ1) is 15.7. The van der Waals surface area contributed by atoms with E-state index in [2.05, 4.69) is 41.0 Å². The minimum Gasteiger partial charge on any atom is -0.481 e. The van der Waals surface area contributed by atoms with Crippen molar-refractivity contribution in [3.8, 4) is 0 Å². The molecular weight excluding hydrogens is 396 g/mol. The summed E-state index contributed by atoms with van der Waals surface area (Å²) in [7, 11) is 0. The van der Waals surface area contributed by atoms with Gasteiger partial charge in [-0.05, 0) is 42.5 Å². The quantitative estimate of drug-likeness (QED) is 0.480. The van der Waals surface area contributed by atoms with E-state index in [9.17, 15) is 9.90 Å². The summed E-state index contributed by atoms with van der Waals surface area (Å²) in [5.41, 5.74) is 2.46. The molecule has 0 amide bonds. The number of hydrogen-bond acceptors (Lipinski definition) is 3. The molecule has 2 aromatic rings. The maximum Gasteiger partial charge on any atom is 0.315 e. The zero-order valence-electron chi connectivity index (χ0n) is 18.7. The van der Waals surface area contributed by atoms with Crippen LogP contribution in [0.4, 0.5) is 0 Å². The summed E-state index contributed by atoms with van der Waals surface area (Å²) in [6, 6.07) is 20.6. The monoisotopic (exact) mass is 430 g/mol. The third-order valence-corrected chi connectivity index (χ3v) is 6.87. The minimum atomic E-state index is -0.959. The number of carboxylic acids is 1. The van der Waals surface area contributed by atoms with Crippen LogP contribution in [0.1, 0.15) is 49.7 Å². The number of carboxylic acid groups (broad SMARTS) is 1. The van der Waals surface area contributed by atoms with Crippen LogP contribution in [0.5, 0.6) is 0 Å². The molecule has 4 nitrogen and oxygen atoms in total. The lowest BCUT2D eigenvalue weighted by Crippen LogP contribution is -2.53. The van der Waals surface area contributed by atoms with Gasteiger partial charge in [-0.15, -0.1) is 0 Å². The van der Waals surface area contributed by atoms with E-state index < -0.39 is 11.4 Å². The molecule has 4 heteroatoms. The number of benzene rings is 2. The summed E-state index contributed by atoms with van der Waals surface area (Å²) in [5, 5.41) is 17.6. The lowest BCUT2D eigenvalue weighted by Gasteiger charge is -2.39. The fourth-order valence-corrected chi connectivity index (χ4v) is 4.94. The van der Waals surface area contributed by atoms with Gasteiger partial charge in [0, 0.05) is 18.6 Å². The molecule has 2 aliphatic rings. The fourth-order valence-electron chi connectivity index (χ4n) is 4.94. The molecule has 0 heterocycles. The summed E-state index contributed by atoms with van der Waals surface area (Å²) in [6.07, 6.45) is 12.6. The summed E-state index contributed by atoms with van der Waals surface area (Å²) in [6.45, 7) is 1.38. The smallest absolute Gasteiger partial charge is 0.315 e. The molecule has 1 saturated carbocycles. The minimum absolute atomic E-state index is 0.234. The van der Waals surface area contributed by atoms with Crippen molar-refractivity contribution in [2.24, 2.45) is 5.41 Å². The average Bonchev–Trinajstić information content (AvgIpc) is 2.84. The third kappa shape index (κ3) is 5.37. The van der Waals surface area contributed by atoms with Crippen molar-refractivity contribution < 1.29 is 9.90 Å². The first kappa shape index (κ1) is 22.5. The van der Waals surface area contributed by atoms with Crippen LogP contribution in [0.3, 0.4) is 0 Å². The Hall–Kier alpha value is -2.69. The molecule has 0 spiro atoms. The summed E-state index contributed by atoms with van der Waals surface area (Å²) in [4.78, 5) is 12.7. The zero-order valence-corrected chi connectivity index (χ0v) is 18.7. The number of hydrogen-bond donors (Lipinski definition) is 3. The molecule has 1 fully saturated rings. The Bertz CT molecular complexity index is 932. The standard InChI is InChI=1S/C28H34N2O2/c31-27(32)28(18-19-29-21-22-10-4-1-5-11-22)17-16-24(23-12-6-2-7-13-23)20-26(28)30-25-14-8-3-9-15-25/h1-2,4-7,10-13,16-17,20,25-26,29-30H,3,8-9,14-15,18-19,21H2,(H,31,32). The molecule has 32 heavy (non-hydrogen) atoms. The molecule has 2 atom stereocenters. The lowest BCUT2D eigenvalue weighted by atomic mass is 9.72. The van der Waals surface area contributed by atoms with Gasteiger partial charge in [0.2, 0.25) is 0 Å². The summed E-state index contributed by atoms with van der Waals surface area (Å²) in [5.74, 6) is -0.757. The Morgan fingerprint density at radius 1 is 0.969 bits per heavy atom. The molecule has 168 valence electrons. The van der Waals surface area contributed by atoms with Crippen LogP contribution in [-0.2, 0) is 11.3 Å². The van der Waals surface area contributed by atoms with E-state index in [1.807, 2.05) is 48.6 Å². The van der Waals surface area contributed by atoms with Crippen molar-refractivity contribution in [2.75, 3.05) is 6.54 Å². The van der Waals surface area contributed by atoms with E-state index in [0.29, 0.717) is 19.0 Å². The largest absolute Gasteiger partial charge is 0.481 e. The van der Waals surface area contributed by atoms with Gasteiger partial charge < -0.3 is 15.7 Å². The second-order valence-corrected chi connectivity index (χ2v) is 9.06. The first-order valence-electron chi connectivity index (χ1n) is 11.9. The Labute approximate surface area is 191 Å². The van der Waals surface area contributed by atoms with Crippen LogP contribution in [0.15, 0.2) is 78.9 Å². The Morgan fingerprint density at radius 3 is 2.34 bits per heavy atom. The summed E-state index contributed by atoms with van der Waals surface area (Å²) < 4.78 is 0. The SMILES string of the molecule is O=C(O)C1(CCNCc2ccccc2)C=CC(c2ccccc2)=CC1NC1CCCCC1. The number of allylic oxidation sites excluding steroid dienone is 2. The second-order valence-electron chi connectivity index (χ2n) is 9.06. The van der Waals surface area contributed by atoms with Gasteiger partial charge in [-0.2, -0.15) is 0 Å². The molecular formula is C28H34N2O2. The van der Waals surface area contributed by atoms with E-state index in [4.69, 9.17) is 0 Å². The van der Waals surface area contributed by atoms with Gasteiger partial charge in [-0.25, -0.2) is 0 Å². The van der Waals surface area contributed by atoms with Crippen LogP contribution in [0.25, 0.3) is 5.57 Å². The predicted molar refractivity (Wildman–Crippen MR) is 130 cm³/mol. The molecule has 0 bridgehead atoms. The van der Waals surface area contributed by atoms with Crippen LogP contribution in [0.2, 0.25) is 0 Å². The predicted octanol–water partition coefficient (Wildman–Crippen LogP) is 5.18. The van der Waals surface area contributed by atoms with Crippen molar-refractivity contribution in [3.05, 3.63) is 90.0 Å². The van der Waals surface area contributed by atoms with Crippen LogP contribution < -0.4 is 10.6 Å². The van der Waals surface area contributed by atoms with Gasteiger partial charge in [0.1, 0.15) is 5.41 Å². The van der Waals surface area contributed by atoms with Crippen LogP contribution in [0, 0.1) is 5.41 Å². The number of aliphatic carboxylic acids is 1. The van der Waals surface area contributed by atoms with Gasteiger partial charge in [0.25, 0.3) is 0 Å². The molecule has 0 radical (unpaired) electrons. The van der Waals surface area contributed by atoms with E-state index in [1.165, 1.54) is 24.8 Å². The van der Waals surface area contributed by atoms with Crippen molar-refractivity contribution in [2.45, 2.75) is 57.2 Å². The number of nitrogens with one attached hydrogen (secondary N) is 2. The fraction of sp³-hybridized carbons (Fsp3) is 0.393. The van der Waals surface area contributed by atoms with Crippen molar-refractivity contribution in [1.82, 2.24) is 10.6 Å². The molecule has 2 unspecified atom stereocenters. The molecule has 0 saturated heterocycles. The lowest BCUT2D eigenvalue weighted by molar-refractivity contribution is -0.147. The van der Waals surface area contributed by atoms with Crippen molar-refractivity contribution >= 4 is 11.5 Å². The topological polar surface area (TPSA) is 61.4 Å². The maximum atomic E-state index is 12.7. The molecule has 0 aromatic heterocycles. The molecule has 2 aromatic carbocycles. The Kier molecular flexibility index (Phi) is 7.56. The van der Waals surface area contributed by atoms with E-state index in [0.717, 1.165) is 30.5 Å². The van der Waals surface area contributed by atoms with Gasteiger partial charge in [-0.1, -0.05) is 98.2 Å².